The zero-order valence-electron chi connectivity index (χ0n) is 9.26. The summed E-state index contributed by atoms with van der Waals surface area (Å²) in [6.45, 7) is 0.0160. The number of Topliss-reactive ketones (excluding diaryl/α,β-unsaturated/α-hetero) is 1. The zero-order chi connectivity index (χ0) is 12.3. The summed E-state index contributed by atoms with van der Waals surface area (Å²) in [5.41, 5.74) is 0.649. The van der Waals surface area contributed by atoms with Crippen LogP contribution < -0.4 is 4.74 Å². The molecule has 0 aliphatic heterocycles. The second kappa shape index (κ2) is 5.14. The Morgan fingerprint density at radius 2 is 2.35 bits per heavy atom. The molecule has 0 saturated heterocycles. The number of ether oxygens (including phenoxy) is 1. The van der Waals surface area contributed by atoms with Crippen LogP contribution in [0, 0.1) is 0 Å². The van der Waals surface area contributed by atoms with Crippen molar-refractivity contribution in [1.82, 2.24) is 9.55 Å². The van der Waals surface area contributed by atoms with Crippen LogP contribution in [0.25, 0.3) is 0 Å². The molecule has 0 N–H and O–H groups in total. The Bertz CT molecular complexity index is 537. The molecule has 0 radical (unpaired) electrons. The predicted octanol–water partition coefficient (Wildman–Crippen LogP) is 2.44. The van der Waals surface area contributed by atoms with Crippen molar-refractivity contribution in [2.75, 3.05) is 6.61 Å². The van der Waals surface area contributed by atoms with Gasteiger partial charge in [-0.3, -0.25) is 9.78 Å². The van der Waals surface area contributed by atoms with Gasteiger partial charge in [-0.05, 0) is 28.1 Å². The summed E-state index contributed by atoms with van der Waals surface area (Å²) in [6.07, 6.45) is 6.83. The van der Waals surface area contributed by atoms with Crippen molar-refractivity contribution in [3.05, 3.63) is 47.0 Å². The van der Waals surface area contributed by atoms with Gasteiger partial charge in [0.1, 0.15) is 5.75 Å². The van der Waals surface area contributed by atoms with E-state index in [0.29, 0.717) is 11.3 Å². The SMILES string of the molecule is Cn1ccc(C(=O)COc2cncc(Br)c2)c1. The standard InChI is InChI=1S/C12H11BrN2O2/c1-15-3-2-9(7-15)12(16)8-17-11-4-10(13)5-14-6-11/h2-7H,8H2,1H3. The van der Waals surface area contributed by atoms with Gasteiger partial charge >= 0.3 is 0 Å². The van der Waals surface area contributed by atoms with Crippen LogP contribution in [0.15, 0.2) is 41.4 Å². The summed E-state index contributed by atoms with van der Waals surface area (Å²) in [6, 6.07) is 3.54. The Kier molecular flexibility index (Phi) is 3.58. The van der Waals surface area contributed by atoms with Crippen LogP contribution in [0.2, 0.25) is 0 Å². The molecule has 0 saturated carbocycles. The number of pyridine rings is 1. The van der Waals surface area contributed by atoms with Crippen molar-refractivity contribution in [2.24, 2.45) is 7.05 Å². The van der Waals surface area contributed by atoms with Gasteiger partial charge in [-0.2, -0.15) is 0 Å². The van der Waals surface area contributed by atoms with Gasteiger partial charge < -0.3 is 9.30 Å². The van der Waals surface area contributed by atoms with Crippen LogP contribution >= 0.6 is 15.9 Å². The van der Waals surface area contributed by atoms with E-state index in [-0.39, 0.29) is 12.4 Å². The molecule has 0 spiro atoms. The molecule has 0 amide bonds. The van der Waals surface area contributed by atoms with E-state index in [1.165, 1.54) is 0 Å². The number of carbonyl (C=O) groups excluding carboxylic acids is 1. The first-order valence-corrected chi connectivity index (χ1v) is 5.83. The maximum Gasteiger partial charge on any atom is 0.201 e. The Morgan fingerprint density at radius 3 is 3.00 bits per heavy atom. The molecule has 2 aromatic heterocycles. The number of nitrogens with zero attached hydrogens (tertiary/aromatic N) is 2. The van der Waals surface area contributed by atoms with Crippen LogP contribution in [0.3, 0.4) is 0 Å². The van der Waals surface area contributed by atoms with E-state index >= 15 is 0 Å². The van der Waals surface area contributed by atoms with Crippen LogP contribution in [-0.4, -0.2) is 21.9 Å². The fourth-order valence-electron chi connectivity index (χ4n) is 1.37. The van der Waals surface area contributed by atoms with Crippen molar-refractivity contribution >= 4 is 21.7 Å². The topological polar surface area (TPSA) is 44.1 Å². The van der Waals surface area contributed by atoms with Crippen molar-refractivity contribution in [2.45, 2.75) is 0 Å². The molecule has 0 atom stereocenters. The number of hydrogen-bond donors (Lipinski definition) is 0. The fraction of sp³-hybridized carbons (Fsp3) is 0.167. The minimum absolute atomic E-state index is 0.0160. The molecule has 2 aromatic rings. The molecule has 0 aliphatic carbocycles. The highest BCUT2D eigenvalue weighted by Gasteiger charge is 2.08. The summed E-state index contributed by atoms with van der Waals surface area (Å²) < 4.78 is 8.01. The highest BCUT2D eigenvalue weighted by Crippen LogP contribution is 2.16. The number of aromatic nitrogens is 2. The van der Waals surface area contributed by atoms with E-state index in [9.17, 15) is 4.79 Å². The smallest absolute Gasteiger partial charge is 0.201 e. The largest absolute Gasteiger partial charge is 0.484 e. The second-order valence-electron chi connectivity index (χ2n) is 3.62. The van der Waals surface area contributed by atoms with E-state index in [1.54, 1.807) is 30.7 Å². The normalized spacial score (nSPS) is 10.2. The number of carbonyl (C=O) groups is 1. The van der Waals surface area contributed by atoms with Crippen LogP contribution in [0.4, 0.5) is 0 Å². The predicted molar refractivity (Wildman–Crippen MR) is 67.2 cm³/mol. The van der Waals surface area contributed by atoms with Crippen LogP contribution in [0.5, 0.6) is 5.75 Å². The average Bonchev–Trinajstić information content (AvgIpc) is 2.73. The van der Waals surface area contributed by atoms with Gasteiger partial charge in [-0.15, -0.1) is 0 Å². The number of hydrogen-bond acceptors (Lipinski definition) is 3. The third-order valence-corrected chi connectivity index (χ3v) is 2.64. The van der Waals surface area contributed by atoms with Gasteiger partial charge in [-0.1, -0.05) is 0 Å². The molecule has 0 fully saturated rings. The number of halogens is 1. The van der Waals surface area contributed by atoms with E-state index < -0.39 is 0 Å². The highest BCUT2D eigenvalue weighted by molar-refractivity contribution is 9.10. The molecule has 2 rings (SSSR count). The minimum atomic E-state index is -0.0504. The molecule has 5 heteroatoms. The zero-order valence-corrected chi connectivity index (χ0v) is 10.8. The Morgan fingerprint density at radius 1 is 1.53 bits per heavy atom. The van der Waals surface area contributed by atoms with E-state index in [2.05, 4.69) is 20.9 Å². The van der Waals surface area contributed by atoms with Gasteiger partial charge in [0, 0.05) is 35.7 Å². The summed E-state index contributed by atoms with van der Waals surface area (Å²) in [7, 11) is 1.87. The van der Waals surface area contributed by atoms with Gasteiger partial charge in [0.25, 0.3) is 0 Å². The van der Waals surface area contributed by atoms with Gasteiger partial charge in [0.15, 0.2) is 6.61 Å². The lowest BCUT2D eigenvalue weighted by Gasteiger charge is -2.04. The molecular weight excluding hydrogens is 284 g/mol. The molecule has 0 aromatic carbocycles. The monoisotopic (exact) mass is 294 g/mol. The summed E-state index contributed by atoms with van der Waals surface area (Å²) in [4.78, 5) is 15.7. The molecule has 0 bridgehead atoms. The van der Waals surface area contributed by atoms with Crippen molar-refractivity contribution in [3.8, 4) is 5.75 Å². The second-order valence-corrected chi connectivity index (χ2v) is 4.53. The van der Waals surface area contributed by atoms with Crippen molar-refractivity contribution in [3.63, 3.8) is 0 Å². The van der Waals surface area contributed by atoms with Gasteiger partial charge in [0.2, 0.25) is 5.78 Å². The Labute approximate surface area is 107 Å². The lowest BCUT2D eigenvalue weighted by molar-refractivity contribution is 0.0921. The molecule has 88 valence electrons. The summed E-state index contributed by atoms with van der Waals surface area (Å²) in [5.74, 6) is 0.522. The fourth-order valence-corrected chi connectivity index (χ4v) is 1.72. The Hall–Kier alpha value is -1.62. The lowest BCUT2D eigenvalue weighted by atomic mass is 10.2. The molecular formula is C12H11BrN2O2. The van der Waals surface area contributed by atoms with Gasteiger partial charge in [-0.25, -0.2) is 0 Å². The number of rotatable bonds is 4. The first kappa shape index (κ1) is 11.9. The number of aryl methyl sites for hydroxylation is 1. The maximum atomic E-state index is 11.7. The van der Waals surface area contributed by atoms with Crippen LogP contribution in [0.1, 0.15) is 10.4 Å². The minimum Gasteiger partial charge on any atom is -0.484 e. The number of ketones is 1. The molecule has 0 aliphatic rings. The average molecular weight is 295 g/mol. The molecule has 0 unspecified atom stereocenters. The third kappa shape index (κ3) is 3.17. The first-order chi connectivity index (χ1) is 8.15. The lowest BCUT2D eigenvalue weighted by Crippen LogP contribution is -2.11. The first-order valence-electron chi connectivity index (χ1n) is 5.03. The Balaban J connectivity index is 1.97. The molecule has 2 heterocycles. The summed E-state index contributed by atoms with van der Waals surface area (Å²) in [5, 5.41) is 0. The molecule has 17 heavy (non-hydrogen) atoms. The van der Waals surface area contributed by atoms with Crippen LogP contribution in [-0.2, 0) is 7.05 Å². The highest BCUT2D eigenvalue weighted by atomic mass is 79.9. The third-order valence-electron chi connectivity index (χ3n) is 2.20. The molecule has 4 nitrogen and oxygen atoms in total. The van der Waals surface area contributed by atoms with Crippen molar-refractivity contribution < 1.29 is 9.53 Å². The maximum absolute atomic E-state index is 11.7. The quantitative estimate of drug-likeness (QED) is 0.814. The van der Waals surface area contributed by atoms with E-state index in [4.69, 9.17) is 4.74 Å². The summed E-state index contributed by atoms with van der Waals surface area (Å²) >= 11 is 3.29. The van der Waals surface area contributed by atoms with Gasteiger partial charge in [0.05, 0.1) is 6.20 Å². The van der Waals surface area contributed by atoms with Crippen molar-refractivity contribution in [1.29, 1.82) is 0 Å². The van der Waals surface area contributed by atoms with E-state index in [1.807, 2.05) is 17.8 Å². The van der Waals surface area contributed by atoms with E-state index in [0.717, 1.165) is 4.47 Å².